The van der Waals surface area contributed by atoms with E-state index in [1.807, 2.05) is 31.2 Å². The van der Waals surface area contributed by atoms with Crippen molar-refractivity contribution in [2.75, 3.05) is 23.3 Å². The Hall–Kier alpha value is -2.89. The van der Waals surface area contributed by atoms with Crippen molar-refractivity contribution in [3.05, 3.63) is 57.5 Å². The average Bonchev–Trinajstić information content (AvgIpc) is 3.15. The van der Waals surface area contributed by atoms with E-state index in [0.717, 1.165) is 31.6 Å². The molecule has 0 spiro atoms. The Morgan fingerprint density at radius 3 is 2.67 bits per heavy atom. The van der Waals surface area contributed by atoms with Crippen LogP contribution in [0.25, 0.3) is 0 Å². The van der Waals surface area contributed by atoms with Crippen molar-refractivity contribution in [2.24, 2.45) is 5.92 Å². The lowest BCUT2D eigenvalue weighted by Crippen LogP contribution is -2.29. The van der Waals surface area contributed by atoms with Crippen molar-refractivity contribution < 1.29 is 9.59 Å². The van der Waals surface area contributed by atoms with Crippen LogP contribution in [0.3, 0.4) is 0 Å². The van der Waals surface area contributed by atoms with Crippen LogP contribution in [0.15, 0.2) is 35.1 Å². The van der Waals surface area contributed by atoms with Gasteiger partial charge in [-0.25, -0.2) is 0 Å². The maximum absolute atomic E-state index is 12.8. The van der Waals surface area contributed by atoms with E-state index in [1.54, 1.807) is 0 Å². The highest BCUT2D eigenvalue weighted by Gasteiger charge is 2.26. The molecule has 140 valence electrons. The Balaban J connectivity index is 1.64. The first-order chi connectivity index (χ1) is 13.0. The molecule has 0 saturated carbocycles. The zero-order chi connectivity index (χ0) is 19.0. The van der Waals surface area contributed by atoms with E-state index in [0.29, 0.717) is 29.8 Å². The summed E-state index contributed by atoms with van der Waals surface area (Å²) in [6.07, 6.45) is 3.36. The smallest absolute Gasteiger partial charge is 0.261 e. The molecule has 27 heavy (non-hydrogen) atoms. The molecule has 1 aliphatic heterocycles. The molecule has 0 unspecified atom stereocenters. The van der Waals surface area contributed by atoms with Gasteiger partial charge in [-0.1, -0.05) is 19.1 Å². The van der Waals surface area contributed by atoms with Crippen LogP contribution in [0.1, 0.15) is 52.6 Å². The van der Waals surface area contributed by atoms with Gasteiger partial charge in [0.1, 0.15) is 5.56 Å². The number of aromatic amines is 1. The number of para-hydroxylation sites is 2. The van der Waals surface area contributed by atoms with Gasteiger partial charge >= 0.3 is 0 Å². The number of aromatic nitrogens is 1. The Morgan fingerprint density at radius 2 is 1.89 bits per heavy atom. The molecule has 2 heterocycles. The molecule has 0 bridgehead atoms. The van der Waals surface area contributed by atoms with Crippen molar-refractivity contribution in [2.45, 2.75) is 32.6 Å². The largest absolute Gasteiger partial charge is 0.370 e. The lowest BCUT2D eigenvalue weighted by Gasteiger charge is -2.22. The number of amides is 1. The van der Waals surface area contributed by atoms with Gasteiger partial charge in [-0.05, 0) is 43.4 Å². The van der Waals surface area contributed by atoms with Gasteiger partial charge in [-0.3, -0.25) is 14.4 Å². The van der Waals surface area contributed by atoms with Crippen molar-refractivity contribution in [1.29, 1.82) is 0 Å². The minimum Gasteiger partial charge on any atom is -0.370 e. The first-order valence-corrected chi connectivity index (χ1v) is 9.47. The number of pyridine rings is 1. The summed E-state index contributed by atoms with van der Waals surface area (Å²) < 4.78 is 0. The molecule has 2 aliphatic rings. The molecular weight excluding hydrogens is 342 g/mol. The number of carbonyl (C=O) groups is 2. The summed E-state index contributed by atoms with van der Waals surface area (Å²) in [6.45, 7) is 3.90. The predicted molar refractivity (Wildman–Crippen MR) is 105 cm³/mol. The molecule has 1 amide bonds. The van der Waals surface area contributed by atoms with E-state index in [2.05, 4.69) is 15.2 Å². The molecule has 6 nitrogen and oxygen atoms in total. The Labute approximate surface area is 157 Å². The van der Waals surface area contributed by atoms with Crippen LogP contribution in [0.5, 0.6) is 0 Å². The number of ketones is 1. The highest BCUT2D eigenvalue weighted by Crippen LogP contribution is 2.29. The second-order valence-corrected chi connectivity index (χ2v) is 7.51. The van der Waals surface area contributed by atoms with Gasteiger partial charge < -0.3 is 15.2 Å². The molecule has 0 radical (unpaired) electrons. The maximum Gasteiger partial charge on any atom is 0.261 e. The number of nitrogens with one attached hydrogen (secondary N) is 2. The van der Waals surface area contributed by atoms with Crippen LogP contribution in [0.4, 0.5) is 11.4 Å². The van der Waals surface area contributed by atoms with Crippen LogP contribution in [0.2, 0.25) is 0 Å². The van der Waals surface area contributed by atoms with Crippen molar-refractivity contribution in [3.63, 3.8) is 0 Å². The normalized spacial score (nSPS) is 19.1. The average molecular weight is 365 g/mol. The third-order valence-corrected chi connectivity index (χ3v) is 5.35. The molecule has 4 rings (SSSR count). The molecule has 1 fully saturated rings. The molecule has 2 N–H and O–H groups in total. The van der Waals surface area contributed by atoms with E-state index >= 15 is 0 Å². The van der Waals surface area contributed by atoms with Gasteiger partial charge in [0.05, 0.1) is 11.4 Å². The van der Waals surface area contributed by atoms with Crippen LogP contribution in [0, 0.1) is 5.92 Å². The van der Waals surface area contributed by atoms with Crippen molar-refractivity contribution in [3.8, 4) is 0 Å². The molecule has 2 aromatic rings. The zero-order valence-electron chi connectivity index (χ0n) is 15.4. The number of fused-ring (bicyclic) bond motifs is 1. The fourth-order valence-electron chi connectivity index (χ4n) is 4.00. The number of carbonyl (C=O) groups excluding carboxylic acids is 2. The third kappa shape index (κ3) is 3.39. The molecule has 1 aromatic carbocycles. The summed E-state index contributed by atoms with van der Waals surface area (Å²) in [5.74, 6) is -0.309. The quantitative estimate of drug-likeness (QED) is 0.876. The van der Waals surface area contributed by atoms with E-state index in [-0.39, 0.29) is 17.3 Å². The number of hydrogen-bond donors (Lipinski definition) is 2. The maximum atomic E-state index is 12.8. The van der Waals surface area contributed by atoms with Gasteiger partial charge in [0.25, 0.3) is 11.5 Å². The first-order valence-electron chi connectivity index (χ1n) is 9.47. The van der Waals surface area contributed by atoms with E-state index < -0.39 is 11.5 Å². The monoisotopic (exact) mass is 365 g/mol. The first kappa shape index (κ1) is 17.5. The fraction of sp³-hybridized carbons (Fsp3) is 0.381. The summed E-state index contributed by atoms with van der Waals surface area (Å²) in [5, 5.41) is 2.86. The summed E-state index contributed by atoms with van der Waals surface area (Å²) in [4.78, 5) is 42.5. The molecule has 1 atom stereocenters. The van der Waals surface area contributed by atoms with Crippen LogP contribution in [-0.4, -0.2) is 29.8 Å². The van der Waals surface area contributed by atoms with Crippen LogP contribution < -0.4 is 15.8 Å². The van der Waals surface area contributed by atoms with Gasteiger partial charge in [0.2, 0.25) is 0 Å². The number of Topliss-reactive ketones (excluding diaryl/α,β-unsaturated/α-hetero) is 1. The standard InChI is InChI=1S/C21H23N3O3/c1-13-10-17-14(19(25)11-13)12-15(21(27)23-17)20(26)22-16-6-2-3-7-18(16)24-8-4-5-9-24/h2-3,6-7,12-13H,4-5,8-11H2,1H3,(H,22,26)(H,23,27)/t13-/m1/s1. The van der Waals surface area contributed by atoms with E-state index in [9.17, 15) is 14.4 Å². The number of rotatable bonds is 3. The summed E-state index contributed by atoms with van der Waals surface area (Å²) in [6, 6.07) is 9.07. The Bertz CT molecular complexity index is 957. The Kier molecular flexibility index (Phi) is 4.56. The second kappa shape index (κ2) is 7.02. The second-order valence-electron chi connectivity index (χ2n) is 7.51. The highest BCUT2D eigenvalue weighted by atomic mass is 16.2. The van der Waals surface area contributed by atoms with Gasteiger partial charge in [-0.2, -0.15) is 0 Å². The topological polar surface area (TPSA) is 82.3 Å². The molecule has 1 saturated heterocycles. The molecule has 6 heteroatoms. The Morgan fingerprint density at radius 1 is 1.15 bits per heavy atom. The SMILES string of the molecule is C[C@H]1CC(=O)c2cc(C(=O)Nc3ccccc3N3CCCC3)c(=O)[nH]c2C1. The van der Waals surface area contributed by atoms with E-state index in [4.69, 9.17) is 0 Å². The number of nitrogens with zero attached hydrogens (tertiary/aromatic N) is 1. The van der Waals surface area contributed by atoms with Gasteiger partial charge in [0.15, 0.2) is 5.78 Å². The van der Waals surface area contributed by atoms with Crippen molar-refractivity contribution in [1.82, 2.24) is 4.98 Å². The minimum atomic E-state index is -0.489. The molecule has 1 aromatic heterocycles. The van der Waals surface area contributed by atoms with E-state index in [1.165, 1.54) is 6.07 Å². The van der Waals surface area contributed by atoms with Gasteiger partial charge in [-0.15, -0.1) is 0 Å². The molecular formula is C21H23N3O3. The zero-order valence-corrected chi connectivity index (χ0v) is 15.4. The van der Waals surface area contributed by atoms with Crippen molar-refractivity contribution >= 4 is 23.1 Å². The minimum absolute atomic E-state index is 0.0205. The third-order valence-electron chi connectivity index (χ3n) is 5.35. The summed E-state index contributed by atoms with van der Waals surface area (Å²) >= 11 is 0. The number of hydrogen-bond acceptors (Lipinski definition) is 4. The number of anilines is 2. The summed E-state index contributed by atoms with van der Waals surface area (Å²) in [7, 11) is 0. The van der Waals surface area contributed by atoms with Gasteiger partial charge in [0, 0.05) is 30.8 Å². The van der Waals surface area contributed by atoms with Crippen LogP contribution >= 0.6 is 0 Å². The lowest BCUT2D eigenvalue weighted by molar-refractivity contribution is 0.0952. The molecule has 1 aliphatic carbocycles. The van der Waals surface area contributed by atoms with Crippen LogP contribution in [-0.2, 0) is 6.42 Å². The number of H-pyrrole nitrogens is 1. The predicted octanol–water partition coefficient (Wildman–Crippen LogP) is 2.99. The lowest BCUT2D eigenvalue weighted by atomic mass is 9.86. The number of benzene rings is 1. The fourth-order valence-corrected chi connectivity index (χ4v) is 4.00. The summed E-state index contributed by atoms with van der Waals surface area (Å²) in [5.41, 5.74) is 2.27. The highest BCUT2D eigenvalue weighted by molar-refractivity contribution is 6.07.